The van der Waals surface area contributed by atoms with Crippen molar-refractivity contribution < 1.29 is 9.84 Å². The molecule has 4 heteroatoms. The van der Waals surface area contributed by atoms with Crippen LogP contribution in [0.3, 0.4) is 0 Å². The minimum atomic E-state index is 0.258. The Labute approximate surface area is 135 Å². The first-order valence-electron chi connectivity index (χ1n) is 7.94. The van der Waals surface area contributed by atoms with Gasteiger partial charge in [0, 0.05) is 28.9 Å². The molecule has 0 bridgehead atoms. The van der Waals surface area contributed by atoms with Crippen molar-refractivity contribution in [3.8, 4) is 11.5 Å². The van der Waals surface area contributed by atoms with Crippen LogP contribution < -0.4 is 4.74 Å². The Morgan fingerprint density at radius 2 is 2.18 bits per heavy atom. The van der Waals surface area contributed by atoms with E-state index in [0.29, 0.717) is 11.8 Å². The van der Waals surface area contributed by atoms with Crippen LogP contribution in [0.15, 0.2) is 18.2 Å². The molecule has 0 saturated heterocycles. The monoisotopic (exact) mass is 315 g/mol. The van der Waals surface area contributed by atoms with Crippen molar-refractivity contribution in [2.24, 2.45) is 0 Å². The molecule has 0 unspecified atom stereocenters. The number of benzene rings is 1. The number of aryl methyl sites for hydroxylation is 1. The van der Waals surface area contributed by atoms with Gasteiger partial charge in [0.25, 0.3) is 0 Å². The van der Waals surface area contributed by atoms with Gasteiger partial charge in [0.1, 0.15) is 0 Å². The molecule has 0 amide bonds. The van der Waals surface area contributed by atoms with E-state index in [9.17, 15) is 5.11 Å². The van der Waals surface area contributed by atoms with Crippen LogP contribution in [-0.4, -0.2) is 23.7 Å². The van der Waals surface area contributed by atoms with Gasteiger partial charge in [0.05, 0.1) is 7.11 Å². The summed E-state index contributed by atoms with van der Waals surface area (Å²) in [7, 11) is 1.61. The largest absolute Gasteiger partial charge is 0.504 e. The first-order valence-corrected chi connectivity index (χ1v) is 8.75. The summed E-state index contributed by atoms with van der Waals surface area (Å²) < 4.78 is 5.26. The number of hydrogen-bond donors (Lipinski definition) is 1. The number of nitrogens with zero attached hydrogens (tertiary/aromatic N) is 1. The van der Waals surface area contributed by atoms with Crippen LogP contribution in [0.5, 0.6) is 11.5 Å². The molecular formula is C18H21NO2S. The van der Waals surface area contributed by atoms with Crippen molar-refractivity contribution in [1.82, 2.24) is 4.90 Å². The van der Waals surface area contributed by atoms with Crippen LogP contribution in [0.1, 0.15) is 39.4 Å². The number of methoxy groups -OCH3 is 1. The van der Waals surface area contributed by atoms with Crippen molar-refractivity contribution >= 4 is 11.3 Å². The molecule has 2 aliphatic rings. The quantitative estimate of drug-likeness (QED) is 0.917. The Kier molecular flexibility index (Phi) is 3.39. The fourth-order valence-electron chi connectivity index (χ4n) is 3.76. The highest BCUT2D eigenvalue weighted by atomic mass is 32.1. The molecule has 1 N–H and O–H groups in total. The van der Waals surface area contributed by atoms with Crippen molar-refractivity contribution in [2.45, 2.75) is 38.8 Å². The lowest BCUT2D eigenvalue weighted by Gasteiger charge is -2.40. The van der Waals surface area contributed by atoms with E-state index in [-0.39, 0.29) is 5.75 Å². The second-order valence-electron chi connectivity index (χ2n) is 6.18. The van der Waals surface area contributed by atoms with E-state index in [1.54, 1.807) is 7.11 Å². The van der Waals surface area contributed by atoms with Crippen LogP contribution in [0.4, 0.5) is 0 Å². The van der Waals surface area contributed by atoms with Gasteiger partial charge in [-0.05, 0) is 54.2 Å². The Morgan fingerprint density at radius 3 is 2.95 bits per heavy atom. The molecule has 0 fully saturated rings. The van der Waals surface area contributed by atoms with Crippen LogP contribution in [0.2, 0.25) is 0 Å². The number of phenolic OH excluding ortho intramolecular Hbond substituents is 1. The Balaban J connectivity index is 1.74. The Bertz CT molecular complexity index is 722. The summed E-state index contributed by atoms with van der Waals surface area (Å²) in [5, 5.41) is 10.2. The molecular weight excluding hydrogens is 294 g/mol. The normalized spacial score (nSPS) is 20.2. The molecule has 2 aliphatic heterocycles. The second kappa shape index (κ2) is 5.28. The van der Waals surface area contributed by atoms with Gasteiger partial charge in [0.15, 0.2) is 11.5 Å². The standard InChI is InChI=1S/C18H21NO2S/c1-3-13-6-12-7-15-14-9-16(20)17(21-2)8-11(14)4-5-19(15)10-18(12)22-13/h6,8-9,15,20H,3-5,7,10H2,1-2H3/t15-/m0/s1. The predicted octanol–water partition coefficient (Wildman–Crippen LogP) is 3.68. The van der Waals surface area contributed by atoms with E-state index in [0.717, 1.165) is 32.4 Å². The molecule has 0 saturated carbocycles. The fraction of sp³-hybridized carbons (Fsp3) is 0.444. The first-order chi connectivity index (χ1) is 10.7. The van der Waals surface area contributed by atoms with Crippen LogP contribution in [-0.2, 0) is 25.8 Å². The number of hydrogen-bond acceptors (Lipinski definition) is 4. The highest BCUT2D eigenvalue weighted by Gasteiger charge is 2.33. The highest BCUT2D eigenvalue weighted by molar-refractivity contribution is 7.12. The fourth-order valence-corrected chi connectivity index (χ4v) is 4.93. The minimum Gasteiger partial charge on any atom is -0.504 e. The molecule has 1 aromatic carbocycles. The third-order valence-electron chi connectivity index (χ3n) is 4.96. The summed E-state index contributed by atoms with van der Waals surface area (Å²) in [4.78, 5) is 5.59. The highest BCUT2D eigenvalue weighted by Crippen LogP contribution is 2.43. The van der Waals surface area contributed by atoms with Gasteiger partial charge in [0.2, 0.25) is 0 Å². The zero-order valence-electron chi connectivity index (χ0n) is 13.1. The van der Waals surface area contributed by atoms with Gasteiger partial charge in [-0.15, -0.1) is 11.3 Å². The summed E-state index contributed by atoms with van der Waals surface area (Å²) in [6.07, 6.45) is 3.21. The van der Waals surface area contributed by atoms with Crippen molar-refractivity contribution in [3.63, 3.8) is 0 Å². The van der Waals surface area contributed by atoms with Gasteiger partial charge in [-0.1, -0.05) is 6.92 Å². The zero-order valence-corrected chi connectivity index (χ0v) is 13.9. The molecule has 1 aromatic heterocycles. The van der Waals surface area contributed by atoms with E-state index < -0.39 is 0 Å². The lowest BCUT2D eigenvalue weighted by molar-refractivity contribution is 0.163. The number of fused-ring (bicyclic) bond motifs is 4. The maximum atomic E-state index is 10.2. The summed E-state index contributed by atoms with van der Waals surface area (Å²) in [6, 6.07) is 6.72. The third-order valence-corrected chi connectivity index (χ3v) is 6.27. The van der Waals surface area contributed by atoms with Crippen LogP contribution in [0, 0.1) is 0 Å². The number of rotatable bonds is 2. The summed E-state index contributed by atoms with van der Waals surface area (Å²) in [5.74, 6) is 0.848. The van der Waals surface area contributed by atoms with Gasteiger partial charge in [-0.2, -0.15) is 0 Å². The number of aromatic hydroxyl groups is 1. The van der Waals surface area contributed by atoms with Crippen molar-refractivity contribution in [2.75, 3.05) is 13.7 Å². The van der Waals surface area contributed by atoms with Gasteiger partial charge >= 0.3 is 0 Å². The van der Waals surface area contributed by atoms with Gasteiger partial charge in [-0.3, -0.25) is 4.90 Å². The van der Waals surface area contributed by atoms with E-state index in [4.69, 9.17) is 4.74 Å². The SMILES string of the molecule is CCc1cc2c(s1)CN1CCc3cc(OC)c(O)cc3[C@@H]1C2. The average molecular weight is 315 g/mol. The topological polar surface area (TPSA) is 32.7 Å². The summed E-state index contributed by atoms with van der Waals surface area (Å²) in [6.45, 7) is 4.37. The number of thiophene rings is 1. The molecule has 0 spiro atoms. The van der Waals surface area contributed by atoms with E-state index in [2.05, 4.69) is 17.9 Å². The first kappa shape index (κ1) is 14.1. The van der Waals surface area contributed by atoms with E-state index >= 15 is 0 Å². The zero-order chi connectivity index (χ0) is 15.3. The van der Waals surface area contributed by atoms with Crippen molar-refractivity contribution in [1.29, 1.82) is 0 Å². The molecule has 0 aliphatic carbocycles. The van der Waals surface area contributed by atoms with Gasteiger partial charge < -0.3 is 9.84 Å². The molecule has 22 heavy (non-hydrogen) atoms. The number of ether oxygens (including phenoxy) is 1. The third kappa shape index (κ3) is 2.13. The summed E-state index contributed by atoms with van der Waals surface area (Å²) >= 11 is 1.97. The second-order valence-corrected chi connectivity index (χ2v) is 7.40. The molecule has 2 aromatic rings. The smallest absolute Gasteiger partial charge is 0.160 e. The van der Waals surface area contributed by atoms with Crippen molar-refractivity contribution in [3.05, 3.63) is 44.6 Å². The lowest BCUT2D eigenvalue weighted by Crippen LogP contribution is -2.38. The molecule has 1 atom stereocenters. The van der Waals surface area contributed by atoms with E-state index in [1.807, 2.05) is 23.5 Å². The molecule has 3 nitrogen and oxygen atoms in total. The van der Waals surface area contributed by atoms with E-state index in [1.165, 1.54) is 26.4 Å². The predicted molar refractivity (Wildman–Crippen MR) is 88.9 cm³/mol. The molecule has 116 valence electrons. The Morgan fingerprint density at radius 1 is 1.32 bits per heavy atom. The molecule has 3 heterocycles. The van der Waals surface area contributed by atoms with Gasteiger partial charge in [-0.25, -0.2) is 0 Å². The molecule has 4 rings (SSSR count). The van der Waals surface area contributed by atoms with Crippen LogP contribution >= 0.6 is 11.3 Å². The Hall–Kier alpha value is -1.52. The van der Waals surface area contributed by atoms with Crippen LogP contribution in [0.25, 0.3) is 0 Å². The lowest BCUT2D eigenvalue weighted by atomic mass is 9.86. The maximum Gasteiger partial charge on any atom is 0.160 e. The minimum absolute atomic E-state index is 0.258. The number of phenols is 1. The average Bonchev–Trinajstić information content (AvgIpc) is 2.94. The maximum absolute atomic E-state index is 10.2. The molecule has 0 radical (unpaired) electrons. The summed E-state index contributed by atoms with van der Waals surface area (Å²) in [5.41, 5.74) is 4.11.